The summed E-state index contributed by atoms with van der Waals surface area (Å²) in [6.45, 7) is 2.83. The molecule has 3 rings (SSSR count). The zero-order chi connectivity index (χ0) is 18.2. The number of thioether (sulfide) groups is 1. The molecule has 0 saturated heterocycles. The van der Waals surface area contributed by atoms with Crippen molar-refractivity contribution in [3.63, 3.8) is 0 Å². The van der Waals surface area contributed by atoms with Gasteiger partial charge in [-0.3, -0.25) is 4.79 Å². The van der Waals surface area contributed by atoms with E-state index in [0.29, 0.717) is 0 Å². The molecule has 2 N–H and O–H groups in total. The van der Waals surface area contributed by atoms with Crippen molar-refractivity contribution in [2.75, 3.05) is 17.2 Å². The van der Waals surface area contributed by atoms with Gasteiger partial charge in [0.15, 0.2) is 4.34 Å². The summed E-state index contributed by atoms with van der Waals surface area (Å²) in [4.78, 5) is 13.8. The van der Waals surface area contributed by atoms with Crippen LogP contribution in [-0.4, -0.2) is 27.9 Å². The van der Waals surface area contributed by atoms with Crippen LogP contribution < -0.4 is 10.6 Å². The average molecular weight is 405 g/mol. The number of hydrogen-bond acceptors (Lipinski definition) is 7. The lowest BCUT2D eigenvalue weighted by molar-refractivity contribution is -0.115. The molecular weight excluding hydrogens is 384 g/mol. The van der Waals surface area contributed by atoms with E-state index >= 15 is 0 Å². The fourth-order valence-electron chi connectivity index (χ4n) is 2.26. The predicted molar refractivity (Wildman–Crippen MR) is 111 cm³/mol. The number of amides is 1. The first kappa shape index (κ1) is 18.9. The van der Waals surface area contributed by atoms with Crippen LogP contribution in [0.25, 0.3) is 0 Å². The summed E-state index contributed by atoms with van der Waals surface area (Å²) < 4.78 is 0.804. The number of aromatic nitrogens is 2. The smallest absolute Gasteiger partial charge is 0.237 e. The molecule has 2 heterocycles. The number of rotatable bonds is 9. The van der Waals surface area contributed by atoms with E-state index < -0.39 is 0 Å². The standard InChI is InChI=1S/C18H20N4OS3/c1-2-15(16(23)20-13-7-4-3-5-8-13)25-18-22-21-17(26-18)19-11-10-14-9-6-12-24-14/h3-9,12,15H,2,10-11H2,1H3,(H,19,21)(H,20,23). The number of anilines is 2. The molecule has 0 fully saturated rings. The highest BCUT2D eigenvalue weighted by molar-refractivity contribution is 8.02. The van der Waals surface area contributed by atoms with Crippen molar-refractivity contribution < 1.29 is 4.79 Å². The molecule has 2 aromatic heterocycles. The molecule has 0 aliphatic carbocycles. The Balaban J connectivity index is 1.50. The zero-order valence-electron chi connectivity index (χ0n) is 14.3. The van der Waals surface area contributed by atoms with Crippen molar-refractivity contribution >= 4 is 51.2 Å². The lowest BCUT2D eigenvalue weighted by Gasteiger charge is -2.12. The molecule has 1 amide bonds. The van der Waals surface area contributed by atoms with Gasteiger partial charge in [0, 0.05) is 17.1 Å². The average Bonchev–Trinajstić information content (AvgIpc) is 3.32. The lowest BCUT2D eigenvalue weighted by atomic mass is 10.3. The van der Waals surface area contributed by atoms with Crippen molar-refractivity contribution in [2.24, 2.45) is 0 Å². The van der Waals surface area contributed by atoms with E-state index in [1.54, 1.807) is 11.3 Å². The molecule has 5 nitrogen and oxygen atoms in total. The molecule has 1 atom stereocenters. The van der Waals surface area contributed by atoms with E-state index in [0.717, 1.165) is 34.5 Å². The van der Waals surface area contributed by atoms with E-state index in [1.807, 2.05) is 37.3 Å². The van der Waals surface area contributed by atoms with Gasteiger partial charge in [-0.1, -0.05) is 54.3 Å². The first-order valence-electron chi connectivity index (χ1n) is 8.37. The minimum absolute atomic E-state index is 0.00824. The SMILES string of the molecule is CCC(Sc1nnc(NCCc2cccs2)s1)C(=O)Nc1ccccc1. The van der Waals surface area contributed by atoms with E-state index in [9.17, 15) is 4.79 Å². The van der Waals surface area contributed by atoms with E-state index in [-0.39, 0.29) is 11.2 Å². The zero-order valence-corrected chi connectivity index (χ0v) is 16.8. The number of nitrogens with zero attached hydrogens (tertiary/aromatic N) is 2. The molecular formula is C18H20N4OS3. The summed E-state index contributed by atoms with van der Waals surface area (Å²) in [5.41, 5.74) is 0.810. The first-order valence-corrected chi connectivity index (χ1v) is 10.9. The molecule has 3 aromatic rings. The minimum atomic E-state index is -0.192. The molecule has 8 heteroatoms. The fourth-order valence-corrected chi connectivity index (χ4v) is 4.92. The topological polar surface area (TPSA) is 66.9 Å². The van der Waals surface area contributed by atoms with Crippen LogP contribution >= 0.6 is 34.4 Å². The van der Waals surface area contributed by atoms with Crippen LogP contribution in [0, 0.1) is 0 Å². The fraction of sp³-hybridized carbons (Fsp3) is 0.278. The number of benzene rings is 1. The number of para-hydroxylation sites is 1. The van der Waals surface area contributed by atoms with Gasteiger partial charge >= 0.3 is 0 Å². The molecule has 1 aromatic carbocycles. The van der Waals surface area contributed by atoms with Gasteiger partial charge in [-0.05, 0) is 36.4 Å². The quantitative estimate of drug-likeness (QED) is 0.503. The van der Waals surface area contributed by atoms with E-state index in [4.69, 9.17) is 0 Å². The minimum Gasteiger partial charge on any atom is -0.360 e. The molecule has 1 unspecified atom stereocenters. The summed E-state index contributed by atoms with van der Waals surface area (Å²) in [7, 11) is 0. The largest absolute Gasteiger partial charge is 0.360 e. The summed E-state index contributed by atoms with van der Waals surface area (Å²) in [6.07, 6.45) is 1.70. The highest BCUT2D eigenvalue weighted by atomic mass is 32.2. The maximum atomic E-state index is 12.5. The van der Waals surface area contributed by atoms with Gasteiger partial charge < -0.3 is 10.6 Å². The molecule has 0 bridgehead atoms. The molecule has 0 radical (unpaired) electrons. The Bertz CT molecular complexity index is 805. The maximum absolute atomic E-state index is 12.5. The van der Waals surface area contributed by atoms with E-state index in [1.165, 1.54) is 28.0 Å². The Morgan fingerprint density at radius 3 is 2.77 bits per heavy atom. The monoisotopic (exact) mass is 404 g/mol. The van der Waals surface area contributed by atoms with Gasteiger partial charge in [-0.25, -0.2) is 0 Å². The van der Waals surface area contributed by atoms with Crippen molar-refractivity contribution in [1.29, 1.82) is 0 Å². The summed E-state index contributed by atoms with van der Waals surface area (Å²) in [6, 6.07) is 13.7. The Labute approximate surface area is 165 Å². The van der Waals surface area contributed by atoms with Gasteiger partial charge in [0.1, 0.15) is 0 Å². The number of carbonyl (C=O) groups is 1. The van der Waals surface area contributed by atoms with E-state index in [2.05, 4.69) is 38.3 Å². The molecule has 26 heavy (non-hydrogen) atoms. The summed E-state index contributed by atoms with van der Waals surface area (Å²) >= 11 is 4.71. The van der Waals surface area contributed by atoms with Gasteiger partial charge in [0.2, 0.25) is 11.0 Å². The Hall–Kier alpha value is -1.90. The highest BCUT2D eigenvalue weighted by Crippen LogP contribution is 2.31. The normalized spacial score (nSPS) is 11.9. The number of thiophene rings is 1. The Morgan fingerprint density at radius 1 is 1.19 bits per heavy atom. The third kappa shape index (κ3) is 5.55. The maximum Gasteiger partial charge on any atom is 0.237 e. The van der Waals surface area contributed by atoms with Gasteiger partial charge in [-0.15, -0.1) is 21.5 Å². The third-order valence-corrected chi connectivity index (χ3v) is 6.85. The van der Waals surface area contributed by atoms with Crippen LogP contribution in [0.3, 0.4) is 0 Å². The van der Waals surface area contributed by atoms with Crippen molar-refractivity contribution in [3.8, 4) is 0 Å². The molecule has 0 saturated carbocycles. The van der Waals surface area contributed by atoms with Crippen LogP contribution in [0.1, 0.15) is 18.2 Å². The van der Waals surface area contributed by atoms with Crippen LogP contribution in [0.4, 0.5) is 10.8 Å². The summed E-state index contributed by atoms with van der Waals surface area (Å²) in [5, 5.41) is 17.3. The predicted octanol–water partition coefficient (Wildman–Crippen LogP) is 4.76. The number of hydrogen-bond donors (Lipinski definition) is 2. The third-order valence-electron chi connectivity index (χ3n) is 3.58. The molecule has 0 aliphatic rings. The van der Waals surface area contributed by atoms with Crippen LogP contribution in [0.2, 0.25) is 0 Å². The van der Waals surface area contributed by atoms with Crippen molar-refractivity contribution in [3.05, 3.63) is 52.7 Å². The van der Waals surface area contributed by atoms with Crippen molar-refractivity contribution in [1.82, 2.24) is 10.2 Å². The van der Waals surface area contributed by atoms with Gasteiger partial charge in [-0.2, -0.15) is 0 Å². The molecule has 0 spiro atoms. The van der Waals surface area contributed by atoms with Crippen molar-refractivity contribution in [2.45, 2.75) is 29.4 Å². The van der Waals surface area contributed by atoms with Crippen LogP contribution in [0.15, 0.2) is 52.2 Å². The van der Waals surface area contributed by atoms with Gasteiger partial charge in [0.05, 0.1) is 5.25 Å². The molecule has 136 valence electrons. The highest BCUT2D eigenvalue weighted by Gasteiger charge is 2.20. The lowest BCUT2D eigenvalue weighted by Crippen LogP contribution is -2.24. The molecule has 0 aliphatic heterocycles. The van der Waals surface area contributed by atoms with Gasteiger partial charge in [0.25, 0.3) is 0 Å². The Kier molecular flexibility index (Phi) is 7.04. The number of carbonyl (C=O) groups excluding carboxylic acids is 1. The second-order valence-corrected chi connectivity index (χ2v) is 8.96. The summed E-state index contributed by atoms with van der Waals surface area (Å²) in [5.74, 6) is -0.00824. The van der Waals surface area contributed by atoms with Crippen LogP contribution in [0.5, 0.6) is 0 Å². The number of nitrogens with one attached hydrogen (secondary N) is 2. The van der Waals surface area contributed by atoms with Crippen LogP contribution in [-0.2, 0) is 11.2 Å². The second kappa shape index (κ2) is 9.70. The first-order chi connectivity index (χ1) is 12.7. The Morgan fingerprint density at radius 2 is 2.04 bits per heavy atom. The second-order valence-electron chi connectivity index (χ2n) is 5.50.